The summed E-state index contributed by atoms with van der Waals surface area (Å²) in [6.07, 6.45) is 0. The molecular formula is C74H46N2O. The lowest BCUT2D eigenvalue weighted by molar-refractivity contribution is 0.669. The van der Waals surface area contributed by atoms with Crippen molar-refractivity contribution in [2.75, 3.05) is 4.90 Å². The smallest absolute Gasteiger partial charge is 0.135 e. The van der Waals surface area contributed by atoms with Crippen molar-refractivity contribution in [2.24, 2.45) is 0 Å². The molecule has 358 valence electrons. The molecule has 0 fully saturated rings. The first kappa shape index (κ1) is 42.4. The van der Waals surface area contributed by atoms with Crippen LogP contribution in [0.25, 0.3) is 82.8 Å². The molecule has 0 saturated heterocycles. The van der Waals surface area contributed by atoms with E-state index in [-0.39, 0.29) is 0 Å². The number of hydrogen-bond donors (Lipinski definition) is 0. The van der Waals surface area contributed by atoms with Gasteiger partial charge in [0.2, 0.25) is 0 Å². The molecule has 3 nitrogen and oxygen atoms in total. The quantitative estimate of drug-likeness (QED) is 0.166. The van der Waals surface area contributed by atoms with Gasteiger partial charge in [0.05, 0.1) is 33.2 Å². The highest BCUT2D eigenvalue weighted by molar-refractivity contribution is 6.13. The Kier molecular flexibility index (Phi) is 8.69. The van der Waals surface area contributed by atoms with Crippen LogP contribution in [0.2, 0.25) is 0 Å². The van der Waals surface area contributed by atoms with Gasteiger partial charge in [-0.2, -0.15) is 0 Å². The second-order valence-electron chi connectivity index (χ2n) is 21.0. The summed E-state index contributed by atoms with van der Waals surface area (Å²) in [7, 11) is 0. The van der Waals surface area contributed by atoms with Crippen LogP contribution in [0.15, 0.2) is 283 Å². The van der Waals surface area contributed by atoms with Crippen LogP contribution in [0.3, 0.4) is 0 Å². The molecule has 2 aromatic heterocycles. The van der Waals surface area contributed by atoms with E-state index in [1.165, 1.54) is 94.3 Å². The topological polar surface area (TPSA) is 21.3 Å². The van der Waals surface area contributed by atoms with Crippen LogP contribution in [-0.2, 0) is 10.8 Å². The van der Waals surface area contributed by atoms with E-state index >= 15 is 0 Å². The van der Waals surface area contributed by atoms with Gasteiger partial charge in [-0.1, -0.05) is 224 Å². The summed E-state index contributed by atoms with van der Waals surface area (Å²) in [5.74, 6) is 0. The van der Waals surface area contributed by atoms with E-state index in [4.69, 9.17) is 4.42 Å². The van der Waals surface area contributed by atoms with Crippen molar-refractivity contribution in [3.63, 3.8) is 0 Å². The van der Waals surface area contributed by atoms with Gasteiger partial charge in [-0.3, -0.25) is 0 Å². The highest BCUT2D eigenvalue weighted by atomic mass is 16.3. The molecule has 0 unspecified atom stereocenters. The van der Waals surface area contributed by atoms with Gasteiger partial charge in [0.15, 0.2) is 0 Å². The average molecular weight is 979 g/mol. The maximum Gasteiger partial charge on any atom is 0.135 e. The largest absolute Gasteiger partial charge is 0.456 e. The molecule has 0 bridgehead atoms. The predicted molar refractivity (Wildman–Crippen MR) is 316 cm³/mol. The lowest BCUT2D eigenvalue weighted by atomic mass is 9.65. The Morgan fingerprint density at radius 1 is 0.325 bits per heavy atom. The molecule has 0 N–H and O–H groups in total. The predicted octanol–water partition coefficient (Wildman–Crippen LogP) is 18.9. The second kappa shape index (κ2) is 15.8. The molecule has 0 atom stereocenters. The Morgan fingerprint density at radius 2 is 0.870 bits per heavy atom. The molecule has 12 aromatic carbocycles. The summed E-state index contributed by atoms with van der Waals surface area (Å²) >= 11 is 0. The maximum atomic E-state index is 6.28. The third kappa shape index (κ3) is 5.54. The molecule has 0 amide bonds. The van der Waals surface area contributed by atoms with Crippen molar-refractivity contribution >= 4 is 60.8 Å². The number of fused-ring (bicyclic) bond motifs is 18. The molecule has 1 aliphatic heterocycles. The first-order chi connectivity index (χ1) is 38.2. The zero-order valence-electron chi connectivity index (χ0n) is 41.9. The zero-order valence-corrected chi connectivity index (χ0v) is 41.9. The molecular weight excluding hydrogens is 933 g/mol. The fourth-order valence-corrected chi connectivity index (χ4v) is 14.5. The molecule has 2 aliphatic carbocycles. The van der Waals surface area contributed by atoms with E-state index in [2.05, 4.69) is 276 Å². The minimum Gasteiger partial charge on any atom is -0.456 e. The summed E-state index contributed by atoms with van der Waals surface area (Å²) < 4.78 is 8.85. The highest BCUT2D eigenvalue weighted by Gasteiger charge is 2.51. The van der Waals surface area contributed by atoms with Gasteiger partial charge in [0, 0.05) is 38.5 Å². The summed E-state index contributed by atoms with van der Waals surface area (Å²) in [5, 5.41) is 4.76. The Labute approximate surface area is 445 Å². The van der Waals surface area contributed by atoms with Crippen LogP contribution in [-0.4, -0.2) is 4.57 Å². The molecule has 3 aliphatic rings. The number of anilines is 3. The summed E-state index contributed by atoms with van der Waals surface area (Å²) in [6, 6.07) is 104. The fraction of sp³-hybridized carbons (Fsp3) is 0.0270. The molecule has 3 heteroatoms. The van der Waals surface area contributed by atoms with E-state index in [0.717, 1.165) is 50.1 Å². The molecule has 14 aromatic rings. The van der Waals surface area contributed by atoms with E-state index < -0.39 is 10.8 Å². The van der Waals surface area contributed by atoms with Gasteiger partial charge in [-0.25, -0.2) is 0 Å². The van der Waals surface area contributed by atoms with Crippen LogP contribution in [0.4, 0.5) is 17.1 Å². The Balaban J connectivity index is 0.954. The SMILES string of the molecule is c1ccc(C2(c3ccccc3)c3ccccc3-c3c(N(c4ccc(-c5ccc6oc7ccccc7c6c5)cc4)c4ccc5c(c4)-n4c6ccccc6c6cccc(c64)C54c5ccccc5-c5ccccc54)cccc32)cc1. The van der Waals surface area contributed by atoms with E-state index in [1.54, 1.807) is 0 Å². The van der Waals surface area contributed by atoms with Crippen molar-refractivity contribution in [3.8, 4) is 39.1 Å². The molecule has 1 spiro atoms. The molecule has 17 rings (SSSR count). The third-order valence-corrected chi connectivity index (χ3v) is 17.5. The van der Waals surface area contributed by atoms with Gasteiger partial charge in [0.1, 0.15) is 11.2 Å². The van der Waals surface area contributed by atoms with Crippen molar-refractivity contribution in [3.05, 3.63) is 324 Å². The summed E-state index contributed by atoms with van der Waals surface area (Å²) in [6.45, 7) is 0. The Morgan fingerprint density at radius 3 is 1.61 bits per heavy atom. The number of rotatable bonds is 6. The van der Waals surface area contributed by atoms with Gasteiger partial charge in [0.25, 0.3) is 0 Å². The lowest BCUT2D eigenvalue weighted by Gasteiger charge is -2.40. The first-order valence-electron chi connectivity index (χ1n) is 26.7. The molecule has 0 radical (unpaired) electrons. The minimum absolute atomic E-state index is 0.559. The van der Waals surface area contributed by atoms with Gasteiger partial charge >= 0.3 is 0 Å². The molecule has 3 heterocycles. The zero-order chi connectivity index (χ0) is 50.4. The minimum atomic E-state index is -0.569. The van der Waals surface area contributed by atoms with Crippen molar-refractivity contribution < 1.29 is 4.42 Å². The normalized spacial score (nSPS) is 13.9. The van der Waals surface area contributed by atoms with Crippen molar-refractivity contribution in [1.29, 1.82) is 0 Å². The van der Waals surface area contributed by atoms with Crippen molar-refractivity contribution in [2.45, 2.75) is 10.8 Å². The number of aromatic nitrogens is 1. The monoisotopic (exact) mass is 978 g/mol. The lowest BCUT2D eigenvalue weighted by Crippen LogP contribution is -2.33. The van der Waals surface area contributed by atoms with Crippen LogP contribution < -0.4 is 4.90 Å². The number of benzene rings is 12. The maximum absolute atomic E-state index is 6.28. The van der Waals surface area contributed by atoms with Crippen LogP contribution in [0.1, 0.15) is 44.5 Å². The van der Waals surface area contributed by atoms with E-state index in [1.807, 2.05) is 12.1 Å². The average Bonchev–Trinajstić information content (AvgIpc) is 4.38. The van der Waals surface area contributed by atoms with E-state index in [0.29, 0.717) is 0 Å². The van der Waals surface area contributed by atoms with Gasteiger partial charge in [-0.05, 0) is 127 Å². The standard InChI is InChI=1S/C74H46N2O/c1-3-19-49(20-4-1)73(50-21-5-2-6-22-50)62-31-14-9-27-58(62)71-64(73)32-18-35-67(71)75(51-40-37-47(38-41-51)48-39-44-70-59(45-48)56-26-11-16-36-69(56)77-70)52-42-43-63-68(46-52)76-66-34-15-10-25-55(66)57-28-17-33-65(72(57)76)74(63)60-29-12-7-23-53(60)54-24-8-13-30-61(54)74/h1-46H. The number of hydrogen-bond acceptors (Lipinski definition) is 2. The van der Waals surface area contributed by atoms with Crippen LogP contribution in [0.5, 0.6) is 0 Å². The fourth-order valence-electron chi connectivity index (χ4n) is 14.5. The highest BCUT2D eigenvalue weighted by Crippen LogP contribution is 2.63. The van der Waals surface area contributed by atoms with Gasteiger partial charge in [-0.15, -0.1) is 0 Å². The first-order valence-corrected chi connectivity index (χ1v) is 26.7. The molecule has 0 saturated carbocycles. The summed E-state index contributed by atoms with van der Waals surface area (Å²) in [5.41, 5.74) is 25.1. The Bertz CT molecular complexity index is 4670. The van der Waals surface area contributed by atoms with Crippen molar-refractivity contribution in [1.82, 2.24) is 4.57 Å². The summed E-state index contributed by atoms with van der Waals surface area (Å²) in [4.78, 5) is 2.53. The molecule has 77 heavy (non-hydrogen) atoms. The number of nitrogens with zero attached hydrogens (tertiary/aromatic N) is 2. The van der Waals surface area contributed by atoms with E-state index in [9.17, 15) is 0 Å². The van der Waals surface area contributed by atoms with Crippen LogP contribution in [0, 0.1) is 0 Å². The second-order valence-corrected chi connectivity index (χ2v) is 21.0. The number of furan rings is 1. The van der Waals surface area contributed by atoms with Gasteiger partial charge < -0.3 is 13.9 Å². The van der Waals surface area contributed by atoms with Crippen LogP contribution >= 0.6 is 0 Å². The third-order valence-electron chi connectivity index (χ3n) is 17.5. The Hall–Kier alpha value is -9.96. The number of para-hydroxylation sites is 3.